The van der Waals surface area contributed by atoms with Gasteiger partial charge in [0.05, 0.1) is 24.1 Å². The fourth-order valence-corrected chi connectivity index (χ4v) is 6.52. The third kappa shape index (κ3) is 5.39. The van der Waals surface area contributed by atoms with Crippen LogP contribution in [-0.4, -0.2) is 49.7 Å². The van der Waals surface area contributed by atoms with Crippen LogP contribution in [-0.2, 0) is 6.42 Å². The Kier molecular flexibility index (Phi) is 7.51. The maximum atomic E-state index is 13.7. The number of benzene rings is 2. The number of hydrogen-bond donors (Lipinski definition) is 0. The highest BCUT2D eigenvalue weighted by Crippen LogP contribution is 2.36. The van der Waals surface area contributed by atoms with Crippen LogP contribution in [0.3, 0.4) is 0 Å². The van der Waals surface area contributed by atoms with Crippen molar-refractivity contribution in [1.29, 1.82) is 0 Å². The van der Waals surface area contributed by atoms with E-state index in [2.05, 4.69) is 59.2 Å². The molecule has 1 aromatic heterocycles. The van der Waals surface area contributed by atoms with Crippen LogP contribution in [0.4, 0.5) is 5.69 Å². The zero-order valence-electron chi connectivity index (χ0n) is 21.5. The summed E-state index contributed by atoms with van der Waals surface area (Å²) in [6.07, 6.45) is 5.77. The third-order valence-electron chi connectivity index (χ3n) is 7.40. The number of carbonyl (C=O) groups is 1. The highest BCUT2D eigenvalue weighted by Gasteiger charge is 2.33. The van der Waals surface area contributed by atoms with Crippen molar-refractivity contribution >= 4 is 22.9 Å². The summed E-state index contributed by atoms with van der Waals surface area (Å²) >= 11 is 1.61. The van der Waals surface area contributed by atoms with E-state index in [1.54, 1.807) is 18.4 Å². The minimum Gasteiger partial charge on any atom is -0.493 e. The first-order chi connectivity index (χ1) is 17.5. The fourth-order valence-electron chi connectivity index (χ4n) is 5.54. The van der Waals surface area contributed by atoms with Crippen molar-refractivity contribution in [2.45, 2.75) is 58.1 Å². The number of methoxy groups -OCH3 is 1. The molecule has 2 heterocycles. The van der Waals surface area contributed by atoms with Crippen molar-refractivity contribution < 1.29 is 14.3 Å². The lowest BCUT2D eigenvalue weighted by atomic mass is 10.0. The summed E-state index contributed by atoms with van der Waals surface area (Å²) in [5.74, 6) is 1.76. The van der Waals surface area contributed by atoms with E-state index in [0.29, 0.717) is 6.54 Å². The second kappa shape index (κ2) is 11.0. The van der Waals surface area contributed by atoms with Gasteiger partial charge >= 0.3 is 0 Å². The molecule has 2 aromatic carbocycles. The van der Waals surface area contributed by atoms with Crippen molar-refractivity contribution in [3.63, 3.8) is 0 Å². The van der Waals surface area contributed by atoms with Gasteiger partial charge in [0.15, 0.2) is 11.5 Å². The number of nitrogens with zero attached hydrogens (tertiary/aromatic N) is 2. The molecule has 0 N–H and O–H groups in total. The maximum Gasteiger partial charge on any atom is 0.264 e. The second-order valence-electron chi connectivity index (χ2n) is 10.0. The highest BCUT2D eigenvalue weighted by atomic mass is 32.1. The van der Waals surface area contributed by atoms with Gasteiger partial charge in [0.2, 0.25) is 0 Å². The molecule has 1 atom stereocenters. The van der Waals surface area contributed by atoms with E-state index < -0.39 is 0 Å². The van der Waals surface area contributed by atoms with Crippen LogP contribution in [0.2, 0.25) is 0 Å². The molecule has 1 aliphatic carbocycles. The zero-order chi connectivity index (χ0) is 25.1. The first kappa shape index (κ1) is 24.7. The Morgan fingerprint density at radius 1 is 1.00 bits per heavy atom. The standard InChI is InChI=1S/C30H36N2O3S/c1-21-17-22(2)36-29(21)30(33)32-16-15-31(20-25(32)18-23-9-5-4-6-10-23)24-13-14-27(34-3)28(19-24)35-26-11-7-8-12-26/h4-6,9-10,13-14,17,19,25-26H,7-8,11-12,15-16,18,20H2,1-3H3/t25-/m0/s1. The lowest BCUT2D eigenvalue weighted by Gasteiger charge is -2.42. The average molecular weight is 505 g/mol. The van der Waals surface area contributed by atoms with Gasteiger partial charge in [0.1, 0.15) is 0 Å². The third-order valence-corrected chi connectivity index (χ3v) is 8.54. The summed E-state index contributed by atoms with van der Waals surface area (Å²) in [6.45, 7) is 6.37. The Morgan fingerprint density at radius 3 is 2.47 bits per heavy atom. The number of rotatable bonds is 7. The Morgan fingerprint density at radius 2 is 1.78 bits per heavy atom. The van der Waals surface area contributed by atoms with E-state index in [-0.39, 0.29) is 18.1 Å². The molecule has 1 amide bonds. The second-order valence-corrected chi connectivity index (χ2v) is 11.3. The number of amides is 1. The van der Waals surface area contributed by atoms with E-state index >= 15 is 0 Å². The van der Waals surface area contributed by atoms with Crippen molar-refractivity contribution in [3.8, 4) is 11.5 Å². The number of ether oxygens (including phenoxy) is 2. The summed E-state index contributed by atoms with van der Waals surface area (Å²) in [5, 5.41) is 0. The molecule has 6 heteroatoms. The zero-order valence-corrected chi connectivity index (χ0v) is 22.4. The van der Waals surface area contributed by atoms with Crippen LogP contribution in [0, 0.1) is 13.8 Å². The quantitative estimate of drug-likeness (QED) is 0.380. The lowest BCUT2D eigenvalue weighted by molar-refractivity contribution is 0.0660. The van der Waals surface area contributed by atoms with Crippen LogP contribution < -0.4 is 14.4 Å². The van der Waals surface area contributed by atoms with Crippen LogP contribution in [0.1, 0.15) is 51.4 Å². The molecule has 5 rings (SSSR count). The largest absolute Gasteiger partial charge is 0.493 e. The smallest absolute Gasteiger partial charge is 0.264 e. The first-order valence-corrected chi connectivity index (χ1v) is 13.8. The Hall–Kier alpha value is -2.99. The Balaban J connectivity index is 1.40. The molecule has 1 aliphatic heterocycles. The van der Waals surface area contributed by atoms with E-state index in [1.807, 2.05) is 19.1 Å². The molecule has 1 saturated carbocycles. The van der Waals surface area contributed by atoms with E-state index in [1.165, 1.54) is 23.3 Å². The summed E-state index contributed by atoms with van der Waals surface area (Å²) in [5.41, 5.74) is 3.45. The van der Waals surface area contributed by atoms with Gasteiger partial charge in [-0.3, -0.25) is 4.79 Å². The van der Waals surface area contributed by atoms with Crippen LogP contribution >= 0.6 is 11.3 Å². The van der Waals surface area contributed by atoms with Gasteiger partial charge < -0.3 is 19.3 Å². The van der Waals surface area contributed by atoms with Crippen LogP contribution in [0.25, 0.3) is 0 Å². The highest BCUT2D eigenvalue weighted by molar-refractivity contribution is 7.14. The summed E-state index contributed by atoms with van der Waals surface area (Å²) in [7, 11) is 1.70. The van der Waals surface area contributed by atoms with Crippen LogP contribution in [0.15, 0.2) is 54.6 Å². The SMILES string of the molecule is COc1ccc(N2CCN(C(=O)c3sc(C)cc3C)[C@@H](Cc3ccccc3)C2)cc1OC1CCCC1. The van der Waals surface area contributed by atoms with Crippen molar-refractivity contribution in [2.24, 2.45) is 0 Å². The predicted molar refractivity (Wildman–Crippen MR) is 147 cm³/mol. The fraction of sp³-hybridized carbons (Fsp3) is 0.433. The molecule has 5 nitrogen and oxygen atoms in total. The van der Waals surface area contributed by atoms with Crippen molar-refractivity contribution in [1.82, 2.24) is 4.90 Å². The summed E-state index contributed by atoms with van der Waals surface area (Å²) < 4.78 is 12.0. The molecule has 1 saturated heterocycles. The van der Waals surface area contributed by atoms with Gasteiger partial charge in [-0.15, -0.1) is 11.3 Å². The molecule has 0 bridgehead atoms. The molecule has 36 heavy (non-hydrogen) atoms. The first-order valence-electron chi connectivity index (χ1n) is 13.0. The number of anilines is 1. The van der Waals surface area contributed by atoms with E-state index in [4.69, 9.17) is 9.47 Å². The Labute approximate surface area is 218 Å². The van der Waals surface area contributed by atoms with Gasteiger partial charge in [-0.2, -0.15) is 0 Å². The summed E-state index contributed by atoms with van der Waals surface area (Å²) in [6, 6.07) is 19.0. The molecular weight excluding hydrogens is 468 g/mol. The minimum atomic E-state index is 0.0803. The topological polar surface area (TPSA) is 42.0 Å². The monoisotopic (exact) mass is 504 g/mol. The molecule has 3 aromatic rings. The van der Waals surface area contributed by atoms with E-state index in [0.717, 1.165) is 60.0 Å². The van der Waals surface area contributed by atoms with Gasteiger partial charge in [-0.1, -0.05) is 30.3 Å². The number of aryl methyl sites for hydroxylation is 2. The number of carbonyl (C=O) groups excluding carboxylic acids is 1. The summed E-state index contributed by atoms with van der Waals surface area (Å²) in [4.78, 5) is 20.2. The Bertz CT molecular complexity index is 1190. The van der Waals surface area contributed by atoms with Gasteiger partial charge in [0, 0.05) is 36.3 Å². The van der Waals surface area contributed by atoms with Gasteiger partial charge in [-0.05, 0) is 75.3 Å². The predicted octanol–water partition coefficient (Wildman–Crippen LogP) is 6.27. The van der Waals surface area contributed by atoms with Gasteiger partial charge in [-0.25, -0.2) is 0 Å². The number of hydrogen-bond acceptors (Lipinski definition) is 5. The molecule has 2 fully saturated rings. The normalized spacial score (nSPS) is 18.5. The minimum absolute atomic E-state index is 0.0803. The molecule has 2 aliphatic rings. The van der Waals surface area contributed by atoms with Gasteiger partial charge in [0.25, 0.3) is 5.91 Å². The lowest BCUT2D eigenvalue weighted by Crippen LogP contribution is -2.56. The maximum absolute atomic E-state index is 13.7. The molecule has 0 radical (unpaired) electrons. The van der Waals surface area contributed by atoms with Crippen molar-refractivity contribution in [3.05, 3.63) is 75.5 Å². The average Bonchev–Trinajstić information content (AvgIpc) is 3.53. The molecule has 190 valence electrons. The molecule has 0 spiro atoms. The van der Waals surface area contributed by atoms with Crippen molar-refractivity contribution in [2.75, 3.05) is 31.6 Å². The molecular formula is C30H36N2O3S. The van der Waals surface area contributed by atoms with Crippen LogP contribution in [0.5, 0.6) is 11.5 Å². The van der Waals surface area contributed by atoms with E-state index in [9.17, 15) is 4.79 Å². The number of thiophene rings is 1. The molecule has 0 unspecified atom stereocenters. The number of piperazine rings is 1.